The van der Waals surface area contributed by atoms with E-state index in [0.29, 0.717) is 5.56 Å². The summed E-state index contributed by atoms with van der Waals surface area (Å²) in [6, 6.07) is 7.35. The van der Waals surface area contributed by atoms with Crippen LogP contribution in [0.3, 0.4) is 0 Å². The third-order valence-corrected chi connectivity index (χ3v) is 3.29. The molecule has 0 spiro atoms. The van der Waals surface area contributed by atoms with E-state index >= 15 is 0 Å². The SMILES string of the molecule is CCSCCCNc1ccc(C(=O)OC)cc1. The average molecular weight is 253 g/mol. The Balaban J connectivity index is 2.33. The van der Waals surface area contributed by atoms with Crippen LogP contribution in [-0.4, -0.2) is 31.1 Å². The van der Waals surface area contributed by atoms with Crippen molar-refractivity contribution in [3.05, 3.63) is 29.8 Å². The molecular weight excluding hydrogens is 234 g/mol. The maximum Gasteiger partial charge on any atom is 0.337 e. The molecule has 1 aromatic rings. The fourth-order valence-corrected chi connectivity index (χ4v) is 2.03. The first-order valence-corrected chi connectivity index (χ1v) is 6.93. The van der Waals surface area contributed by atoms with E-state index in [0.717, 1.165) is 18.7 Å². The number of rotatable bonds is 7. The Morgan fingerprint density at radius 2 is 2.06 bits per heavy atom. The quantitative estimate of drug-likeness (QED) is 0.599. The third-order valence-electron chi connectivity index (χ3n) is 2.30. The van der Waals surface area contributed by atoms with Crippen LogP contribution in [0.15, 0.2) is 24.3 Å². The second kappa shape index (κ2) is 8.01. The maximum atomic E-state index is 11.2. The fraction of sp³-hybridized carbons (Fsp3) is 0.462. The van der Waals surface area contributed by atoms with E-state index in [4.69, 9.17) is 0 Å². The van der Waals surface area contributed by atoms with E-state index in [-0.39, 0.29) is 5.97 Å². The van der Waals surface area contributed by atoms with E-state index in [1.165, 1.54) is 18.6 Å². The monoisotopic (exact) mass is 253 g/mol. The lowest BCUT2D eigenvalue weighted by molar-refractivity contribution is 0.0601. The molecule has 0 aromatic heterocycles. The van der Waals surface area contributed by atoms with Gasteiger partial charge in [0, 0.05) is 12.2 Å². The molecule has 94 valence electrons. The normalized spacial score (nSPS) is 10.0. The Labute approximate surface area is 107 Å². The number of hydrogen-bond donors (Lipinski definition) is 1. The predicted molar refractivity (Wildman–Crippen MR) is 73.9 cm³/mol. The minimum absolute atomic E-state index is 0.295. The average Bonchev–Trinajstić information content (AvgIpc) is 2.38. The molecule has 0 heterocycles. The van der Waals surface area contributed by atoms with E-state index in [1.54, 1.807) is 12.1 Å². The summed E-state index contributed by atoms with van der Waals surface area (Å²) >= 11 is 1.95. The molecule has 0 aliphatic carbocycles. The molecule has 3 nitrogen and oxygen atoms in total. The van der Waals surface area contributed by atoms with Crippen molar-refractivity contribution in [3.63, 3.8) is 0 Å². The van der Waals surface area contributed by atoms with E-state index < -0.39 is 0 Å². The van der Waals surface area contributed by atoms with Gasteiger partial charge < -0.3 is 10.1 Å². The highest BCUT2D eigenvalue weighted by Gasteiger charge is 2.03. The summed E-state index contributed by atoms with van der Waals surface area (Å²) in [6.07, 6.45) is 1.15. The minimum Gasteiger partial charge on any atom is -0.465 e. The molecular formula is C13H19NO2S. The fourth-order valence-electron chi connectivity index (χ4n) is 1.39. The molecule has 0 aliphatic rings. The molecule has 0 bridgehead atoms. The molecule has 1 aromatic carbocycles. The van der Waals surface area contributed by atoms with Crippen LogP contribution in [0, 0.1) is 0 Å². The lowest BCUT2D eigenvalue weighted by Crippen LogP contribution is -2.04. The molecule has 0 saturated carbocycles. The molecule has 0 saturated heterocycles. The number of carbonyl (C=O) groups excluding carboxylic acids is 1. The number of thioether (sulfide) groups is 1. The highest BCUT2D eigenvalue weighted by Crippen LogP contribution is 2.10. The largest absolute Gasteiger partial charge is 0.465 e. The van der Waals surface area contributed by atoms with Gasteiger partial charge in [-0.2, -0.15) is 11.8 Å². The van der Waals surface area contributed by atoms with Gasteiger partial charge in [0.25, 0.3) is 0 Å². The zero-order valence-electron chi connectivity index (χ0n) is 10.4. The van der Waals surface area contributed by atoms with E-state index in [2.05, 4.69) is 17.0 Å². The van der Waals surface area contributed by atoms with E-state index in [1.807, 2.05) is 23.9 Å². The maximum absolute atomic E-state index is 11.2. The van der Waals surface area contributed by atoms with Crippen molar-refractivity contribution in [2.24, 2.45) is 0 Å². The summed E-state index contributed by atoms with van der Waals surface area (Å²) in [4.78, 5) is 11.2. The van der Waals surface area contributed by atoms with Gasteiger partial charge in [0.2, 0.25) is 0 Å². The number of esters is 1. The van der Waals surface area contributed by atoms with Crippen molar-refractivity contribution >= 4 is 23.4 Å². The van der Waals surface area contributed by atoms with Crippen LogP contribution in [0.5, 0.6) is 0 Å². The molecule has 0 radical (unpaired) electrons. The predicted octanol–water partition coefficient (Wildman–Crippen LogP) is 3.03. The van der Waals surface area contributed by atoms with E-state index in [9.17, 15) is 4.79 Å². The molecule has 1 rings (SSSR count). The summed E-state index contributed by atoms with van der Waals surface area (Å²) < 4.78 is 4.64. The van der Waals surface area contributed by atoms with Crippen LogP contribution in [0.1, 0.15) is 23.7 Å². The highest BCUT2D eigenvalue weighted by molar-refractivity contribution is 7.99. The number of benzene rings is 1. The third kappa shape index (κ3) is 5.13. The molecule has 0 aliphatic heterocycles. The summed E-state index contributed by atoms with van der Waals surface area (Å²) in [5.74, 6) is 2.06. The Hall–Kier alpha value is -1.16. The van der Waals surface area contributed by atoms with Gasteiger partial charge >= 0.3 is 5.97 Å². The van der Waals surface area contributed by atoms with Crippen molar-refractivity contribution < 1.29 is 9.53 Å². The minimum atomic E-state index is -0.295. The van der Waals surface area contributed by atoms with Crippen molar-refractivity contribution in [1.82, 2.24) is 0 Å². The molecule has 4 heteroatoms. The van der Waals surface area contributed by atoms with Gasteiger partial charge in [0.05, 0.1) is 12.7 Å². The van der Waals surface area contributed by atoms with Gasteiger partial charge in [-0.05, 0) is 42.2 Å². The van der Waals surface area contributed by atoms with Gasteiger partial charge in [0.15, 0.2) is 0 Å². The second-order valence-corrected chi connectivity index (χ2v) is 4.94. The summed E-state index contributed by atoms with van der Waals surface area (Å²) in [6.45, 7) is 3.13. The van der Waals surface area contributed by atoms with Crippen LogP contribution in [0.4, 0.5) is 5.69 Å². The number of anilines is 1. The van der Waals surface area contributed by atoms with Crippen molar-refractivity contribution in [1.29, 1.82) is 0 Å². The lowest BCUT2D eigenvalue weighted by Gasteiger charge is -2.06. The first-order valence-electron chi connectivity index (χ1n) is 5.78. The van der Waals surface area contributed by atoms with Gasteiger partial charge in [-0.3, -0.25) is 0 Å². The highest BCUT2D eigenvalue weighted by atomic mass is 32.2. The van der Waals surface area contributed by atoms with Crippen molar-refractivity contribution in [2.45, 2.75) is 13.3 Å². The Morgan fingerprint density at radius 3 is 2.65 bits per heavy atom. The van der Waals surface area contributed by atoms with Crippen LogP contribution in [0.25, 0.3) is 0 Å². The van der Waals surface area contributed by atoms with Gasteiger partial charge in [0.1, 0.15) is 0 Å². The Kier molecular flexibility index (Phi) is 6.55. The summed E-state index contributed by atoms with van der Waals surface area (Å²) in [7, 11) is 1.39. The van der Waals surface area contributed by atoms with Crippen LogP contribution >= 0.6 is 11.8 Å². The summed E-state index contributed by atoms with van der Waals surface area (Å²) in [5, 5.41) is 3.32. The Bertz CT molecular complexity index is 338. The van der Waals surface area contributed by atoms with Gasteiger partial charge in [-0.25, -0.2) is 4.79 Å². The smallest absolute Gasteiger partial charge is 0.337 e. The van der Waals surface area contributed by atoms with Gasteiger partial charge in [-0.15, -0.1) is 0 Å². The van der Waals surface area contributed by atoms with Crippen LogP contribution in [0.2, 0.25) is 0 Å². The second-order valence-electron chi connectivity index (χ2n) is 3.55. The molecule has 0 amide bonds. The molecule has 0 atom stereocenters. The molecule has 0 fully saturated rings. The first kappa shape index (κ1) is 13.9. The zero-order chi connectivity index (χ0) is 12.5. The standard InChI is InChI=1S/C13H19NO2S/c1-3-17-10-4-9-14-12-7-5-11(6-8-12)13(15)16-2/h5-8,14H,3-4,9-10H2,1-2H3. The number of carbonyl (C=O) groups is 1. The number of ether oxygens (including phenoxy) is 1. The molecule has 1 N–H and O–H groups in total. The first-order chi connectivity index (χ1) is 8.27. The summed E-state index contributed by atoms with van der Waals surface area (Å²) in [5.41, 5.74) is 1.62. The van der Waals surface area contributed by atoms with Crippen LogP contribution in [-0.2, 0) is 4.74 Å². The van der Waals surface area contributed by atoms with Crippen molar-refractivity contribution in [2.75, 3.05) is 30.5 Å². The lowest BCUT2D eigenvalue weighted by atomic mass is 10.2. The van der Waals surface area contributed by atoms with Crippen LogP contribution < -0.4 is 5.32 Å². The van der Waals surface area contributed by atoms with Crippen molar-refractivity contribution in [3.8, 4) is 0 Å². The molecule has 0 unspecified atom stereocenters. The molecule has 17 heavy (non-hydrogen) atoms. The zero-order valence-corrected chi connectivity index (χ0v) is 11.2. The topological polar surface area (TPSA) is 38.3 Å². The number of nitrogens with one attached hydrogen (secondary N) is 1. The number of hydrogen-bond acceptors (Lipinski definition) is 4. The Morgan fingerprint density at radius 1 is 1.35 bits per heavy atom. The number of methoxy groups -OCH3 is 1. The van der Waals surface area contributed by atoms with Gasteiger partial charge in [-0.1, -0.05) is 6.92 Å².